The Morgan fingerprint density at radius 2 is 2.17 bits per heavy atom. The quantitative estimate of drug-likeness (QED) is 0.485. The standard InChI is InChI=1S/C13H10ClNO3/c1-2-18-13(17)12(16)10-7-9(14)6-8-4-3-5-15-11(8)10/h3-7H,2H2,1H3. The van der Waals surface area contributed by atoms with Gasteiger partial charge in [0.2, 0.25) is 0 Å². The molecule has 0 saturated carbocycles. The summed E-state index contributed by atoms with van der Waals surface area (Å²) in [6, 6.07) is 6.62. The molecule has 2 aromatic rings. The number of carbonyl (C=O) groups excluding carboxylic acids is 2. The first-order valence-electron chi connectivity index (χ1n) is 5.39. The van der Waals surface area contributed by atoms with Gasteiger partial charge in [0.05, 0.1) is 17.7 Å². The number of hydrogen-bond acceptors (Lipinski definition) is 4. The summed E-state index contributed by atoms with van der Waals surface area (Å²) in [5, 5.41) is 1.08. The van der Waals surface area contributed by atoms with E-state index in [0.29, 0.717) is 15.9 Å². The highest BCUT2D eigenvalue weighted by Gasteiger charge is 2.21. The van der Waals surface area contributed by atoms with E-state index in [1.165, 1.54) is 6.07 Å². The monoisotopic (exact) mass is 263 g/mol. The number of aromatic nitrogens is 1. The number of ketones is 1. The number of benzene rings is 1. The summed E-state index contributed by atoms with van der Waals surface area (Å²) >= 11 is 5.92. The first kappa shape index (κ1) is 12.5. The molecule has 0 radical (unpaired) electrons. The second-order valence-electron chi connectivity index (χ2n) is 3.58. The maximum absolute atomic E-state index is 11.9. The van der Waals surface area contributed by atoms with Gasteiger partial charge in [0.15, 0.2) is 0 Å². The van der Waals surface area contributed by atoms with Gasteiger partial charge in [0.25, 0.3) is 5.78 Å². The molecule has 0 bridgehead atoms. The topological polar surface area (TPSA) is 56.3 Å². The highest BCUT2D eigenvalue weighted by atomic mass is 35.5. The molecule has 18 heavy (non-hydrogen) atoms. The van der Waals surface area contributed by atoms with Gasteiger partial charge in [-0.3, -0.25) is 9.78 Å². The first-order chi connectivity index (χ1) is 8.63. The van der Waals surface area contributed by atoms with Gasteiger partial charge in [-0.1, -0.05) is 17.7 Å². The second kappa shape index (κ2) is 5.14. The number of nitrogens with zero attached hydrogens (tertiary/aromatic N) is 1. The largest absolute Gasteiger partial charge is 0.460 e. The van der Waals surface area contributed by atoms with Crippen molar-refractivity contribution in [3.8, 4) is 0 Å². The van der Waals surface area contributed by atoms with Crippen molar-refractivity contribution in [3.63, 3.8) is 0 Å². The molecule has 92 valence electrons. The van der Waals surface area contributed by atoms with Gasteiger partial charge < -0.3 is 4.74 Å². The van der Waals surface area contributed by atoms with Crippen molar-refractivity contribution >= 4 is 34.3 Å². The van der Waals surface area contributed by atoms with E-state index in [0.717, 1.165) is 0 Å². The van der Waals surface area contributed by atoms with Crippen LogP contribution in [0.15, 0.2) is 30.5 Å². The Labute approximate surface area is 109 Å². The molecule has 0 aliphatic rings. The minimum atomic E-state index is -0.897. The number of esters is 1. The molecule has 4 nitrogen and oxygen atoms in total. The summed E-state index contributed by atoms with van der Waals surface area (Å²) in [5.41, 5.74) is 0.608. The molecule has 0 fully saturated rings. The van der Waals surface area contributed by atoms with Crippen LogP contribution in [0.3, 0.4) is 0 Å². The van der Waals surface area contributed by atoms with Crippen molar-refractivity contribution in [3.05, 3.63) is 41.0 Å². The molecule has 0 unspecified atom stereocenters. The lowest BCUT2D eigenvalue weighted by atomic mass is 10.1. The Bertz CT molecular complexity index is 625. The van der Waals surface area contributed by atoms with E-state index >= 15 is 0 Å². The lowest BCUT2D eigenvalue weighted by molar-refractivity contribution is -0.137. The molecule has 5 heteroatoms. The van der Waals surface area contributed by atoms with Gasteiger partial charge >= 0.3 is 5.97 Å². The van der Waals surface area contributed by atoms with E-state index in [-0.39, 0.29) is 12.2 Å². The van der Waals surface area contributed by atoms with Crippen LogP contribution >= 0.6 is 11.6 Å². The molecule has 2 rings (SSSR count). The van der Waals surface area contributed by atoms with E-state index in [1.54, 1.807) is 31.3 Å². The third-order valence-electron chi connectivity index (χ3n) is 2.38. The van der Waals surface area contributed by atoms with Crippen molar-refractivity contribution in [2.24, 2.45) is 0 Å². The highest BCUT2D eigenvalue weighted by molar-refractivity contribution is 6.43. The second-order valence-corrected chi connectivity index (χ2v) is 4.01. The van der Waals surface area contributed by atoms with Crippen LogP contribution in [-0.4, -0.2) is 23.3 Å². The zero-order valence-electron chi connectivity index (χ0n) is 9.64. The van der Waals surface area contributed by atoms with Crippen LogP contribution in [-0.2, 0) is 9.53 Å². The maximum Gasteiger partial charge on any atom is 0.379 e. The van der Waals surface area contributed by atoms with E-state index in [4.69, 9.17) is 11.6 Å². The zero-order chi connectivity index (χ0) is 13.1. The lowest BCUT2D eigenvalue weighted by Gasteiger charge is -2.05. The van der Waals surface area contributed by atoms with Gasteiger partial charge in [0, 0.05) is 16.6 Å². The number of carbonyl (C=O) groups is 2. The van der Waals surface area contributed by atoms with Gasteiger partial charge in [-0.05, 0) is 25.1 Å². The van der Waals surface area contributed by atoms with Gasteiger partial charge in [-0.2, -0.15) is 0 Å². The fourth-order valence-corrected chi connectivity index (χ4v) is 1.86. The molecule has 0 aliphatic heterocycles. The van der Waals surface area contributed by atoms with Crippen LogP contribution < -0.4 is 0 Å². The number of fused-ring (bicyclic) bond motifs is 1. The molecular formula is C13H10ClNO3. The molecule has 0 N–H and O–H groups in total. The third kappa shape index (κ3) is 2.33. The SMILES string of the molecule is CCOC(=O)C(=O)c1cc(Cl)cc2cccnc12. The number of ether oxygens (including phenoxy) is 1. The molecule has 1 heterocycles. The summed E-state index contributed by atoms with van der Waals surface area (Å²) < 4.78 is 4.69. The Balaban J connectivity index is 2.56. The average Bonchev–Trinajstić information content (AvgIpc) is 2.37. The van der Waals surface area contributed by atoms with Gasteiger partial charge in [-0.25, -0.2) is 4.79 Å². The van der Waals surface area contributed by atoms with Crippen molar-refractivity contribution in [2.45, 2.75) is 6.92 Å². The molecule has 1 aromatic heterocycles. The van der Waals surface area contributed by atoms with Crippen LogP contribution in [0, 0.1) is 0 Å². The lowest BCUT2D eigenvalue weighted by Crippen LogP contribution is -2.18. The molecule has 0 spiro atoms. The van der Waals surface area contributed by atoms with E-state index in [1.807, 2.05) is 0 Å². The van der Waals surface area contributed by atoms with Crippen LogP contribution in [0.2, 0.25) is 5.02 Å². The van der Waals surface area contributed by atoms with Crippen molar-refractivity contribution < 1.29 is 14.3 Å². The van der Waals surface area contributed by atoms with Crippen molar-refractivity contribution in [1.29, 1.82) is 0 Å². The summed E-state index contributed by atoms with van der Waals surface area (Å²) in [5.74, 6) is -1.63. The van der Waals surface area contributed by atoms with Crippen LogP contribution in [0.25, 0.3) is 10.9 Å². The van der Waals surface area contributed by atoms with Crippen molar-refractivity contribution in [1.82, 2.24) is 4.98 Å². The molecule has 0 amide bonds. The Morgan fingerprint density at radius 3 is 2.89 bits per heavy atom. The minimum Gasteiger partial charge on any atom is -0.460 e. The maximum atomic E-state index is 11.9. The number of rotatable bonds is 3. The number of halogens is 1. The summed E-state index contributed by atoms with van der Waals surface area (Å²) in [6.45, 7) is 1.79. The highest BCUT2D eigenvalue weighted by Crippen LogP contribution is 2.22. The van der Waals surface area contributed by atoms with Crippen LogP contribution in [0.1, 0.15) is 17.3 Å². The summed E-state index contributed by atoms with van der Waals surface area (Å²) in [4.78, 5) is 27.5. The number of hydrogen-bond donors (Lipinski definition) is 0. The zero-order valence-corrected chi connectivity index (χ0v) is 10.4. The average molecular weight is 264 g/mol. The number of pyridine rings is 1. The Morgan fingerprint density at radius 1 is 1.39 bits per heavy atom. The fourth-order valence-electron chi connectivity index (χ4n) is 1.64. The smallest absolute Gasteiger partial charge is 0.379 e. The van der Waals surface area contributed by atoms with Crippen LogP contribution in [0.5, 0.6) is 0 Å². The van der Waals surface area contributed by atoms with Gasteiger partial charge in [0.1, 0.15) is 0 Å². The van der Waals surface area contributed by atoms with E-state index in [9.17, 15) is 9.59 Å². The summed E-state index contributed by atoms with van der Waals surface area (Å²) in [6.07, 6.45) is 1.55. The predicted octanol–water partition coefficient (Wildman–Crippen LogP) is 2.63. The first-order valence-corrected chi connectivity index (χ1v) is 5.77. The minimum absolute atomic E-state index is 0.149. The predicted molar refractivity (Wildman–Crippen MR) is 67.7 cm³/mol. The van der Waals surface area contributed by atoms with E-state index in [2.05, 4.69) is 9.72 Å². The molecule has 0 atom stereocenters. The van der Waals surface area contributed by atoms with Crippen LogP contribution in [0.4, 0.5) is 0 Å². The Kier molecular flexibility index (Phi) is 3.58. The molecule has 0 saturated heterocycles. The number of Topliss-reactive ketones (excluding diaryl/α,β-unsaturated/α-hetero) is 1. The fraction of sp³-hybridized carbons (Fsp3) is 0.154. The van der Waals surface area contributed by atoms with Gasteiger partial charge in [-0.15, -0.1) is 0 Å². The normalized spacial score (nSPS) is 10.3. The molecule has 0 aliphatic carbocycles. The third-order valence-corrected chi connectivity index (χ3v) is 2.59. The Hall–Kier alpha value is -1.94. The van der Waals surface area contributed by atoms with E-state index < -0.39 is 11.8 Å². The van der Waals surface area contributed by atoms with Crippen molar-refractivity contribution in [2.75, 3.05) is 6.61 Å². The molecular weight excluding hydrogens is 254 g/mol. The molecule has 1 aromatic carbocycles. The summed E-state index contributed by atoms with van der Waals surface area (Å²) in [7, 11) is 0.